The molecule has 3 rings (SSSR count). The first-order valence-corrected chi connectivity index (χ1v) is 8.44. The summed E-state index contributed by atoms with van der Waals surface area (Å²) in [7, 11) is -4.26. The van der Waals surface area contributed by atoms with Crippen molar-refractivity contribution in [1.82, 2.24) is 0 Å². The molecule has 0 amide bonds. The Labute approximate surface area is 128 Å². The van der Waals surface area contributed by atoms with Crippen LogP contribution in [0.4, 0.5) is 0 Å². The summed E-state index contributed by atoms with van der Waals surface area (Å²) < 4.78 is 39.9. The first-order valence-electron chi connectivity index (χ1n) is 6.86. The molecular formula is C16H15NO4S. The molecular weight excluding hydrogens is 302 g/mol. The molecule has 1 heterocycles. The third-order valence-corrected chi connectivity index (χ3v) is 4.24. The monoisotopic (exact) mass is 317 g/mol. The molecule has 0 spiro atoms. The number of nitrogens with zero attached hydrogens (tertiary/aromatic N) is 1. The van der Waals surface area contributed by atoms with Crippen LogP contribution in [0.2, 0.25) is 0 Å². The van der Waals surface area contributed by atoms with Crippen LogP contribution in [0.15, 0.2) is 52.9 Å². The molecule has 0 fully saturated rings. The fraction of sp³-hybridized carbons (Fsp3) is 0.188. The van der Waals surface area contributed by atoms with E-state index in [-0.39, 0.29) is 6.54 Å². The Morgan fingerprint density at radius 1 is 1.09 bits per heavy atom. The summed E-state index contributed by atoms with van der Waals surface area (Å²) in [6.07, 6.45) is 0. The number of fused-ring (bicyclic) bond motifs is 1. The number of aromatic nitrogens is 1. The highest BCUT2D eigenvalue weighted by Crippen LogP contribution is 2.23. The second kappa shape index (κ2) is 5.55. The van der Waals surface area contributed by atoms with E-state index in [0.717, 1.165) is 16.6 Å². The summed E-state index contributed by atoms with van der Waals surface area (Å²) in [4.78, 5) is 0. The number of benzene rings is 2. The first-order chi connectivity index (χ1) is 10.4. The van der Waals surface area contributed by atoms with Gasteiger partial charge in [-0.1, -0.05) is 36.4 Å². The van der Waals surface area contributed by atoms with Gasteiger partial charge in [0.25, 0.3) is 5.52 Å². The van der Waals surface area contributed by atoms with Gasteiger partial charge in [-0.3, -0.25) is 0 Å². The van der Waals surface area contributed by atoms with Crippen LogP contribution in [0.25, 0.3) is 22.2 Å². The van der Waals surface area contributed by atoms with Gasteiger partial charge >= 0.3 is 5.89 Å². The van der Waals surface area contributed by atoms with Gasteiger partial charge in [0.1, 0.15) is 10.1 Å². The fourth-order valence-electron chi connectivity index (χ4n) is 2.49. The minimum Gasteiger partial charge on any atom is -0.748 e. The minimum atomic E-state index is -4.26. The Morgan fingerprint density at radius 3 is 2.50 bits per heavy atom. The molecule has 6 heteroatoms. The third-order valence-electron chi connectivity index (χ3n) is 3.56. The zero-order valence-corrected chi connectivity index (χ0v) is 12.8. The van der Waals surface area contributed by atoms with Crippen LogP contribution < -0.4 is 4.57 Å². The van der Waals surface area contributed by atoms with E-state index in [4.69, 9.17) is 4.42 Å². The molecule has 0 saturated carbocycles. The predicted octanol–water partition coefficient (Wildman–Crippen LogP) is 2.24. The second-order valence-corrected chi connectivity index (χ2v) is 6.61. The van der Waals surface area contributed by atoms with Crippen molar-refractivity contribution >= 4 is 21.2 Å². The molecule has 114 valence electrons. The summed E-state index contributed by atoms with van der Waals surface area (Å²) >= 11 is 0. The topological polar surface area (TPSA) is 74.2 Å². The van der Waals surface area contributed by atoms with Crippen molar-refractivity contribution in [2.75, 3.05) is 5.75 Å². The average Bonchev–Trinajstić information content (AvgIpc) is 2.80. The Hall–Kier alpha value is -2.18. The minimum absolute atomic E-state index is 0.0862. The summed E-state index contributed by atoms with van der Waals surface area (Å²) in [6, 6.07) is 15.6. The highest BCUT2D eigenvalue weighted by molar-refractivity contribution is 7.85. The Bertz CT molecular complexity index is 914. The SMILES string of the molecule is Cc1oc2ccc(-c3ccccc3)cc2[n+]1CCS(=O)(=O)[O-]. The predicted molar refractivity (Wildman–Crippen MR) is 81.1 cm³/mol. The molecule has 1 aromatic heterocycles. The molecule has 0 radical (unpaired) electrons. The van der Waals surface area contributed by atoms with Crippen LogP contribution in [0.3, 0.4) is 0 Å². The van der Waals surface area contributed by atoms with Gasteiger partial charge < -0.3 is 8.97 Å². The number of oxazole rings is 1. The zero-order valence-electron chi connectivity index (χ0n) is 12.0. The lowest BCUT2D eigenvalue weighted by molar-refractivity contribution is -0.678. The smallest absolute Gasteiger partial charge is 0.344 e. The van der Waals surface area contributed by atoms with E-state index < -0.39 is 15.9 Å². The molecule has 0 atom stereocenters. The highest BCUT2D eigenvalue weighted by Gasteiger charge is 2.20. The van der Waals surface area contributed by atoms with Gasteiger partial charge in [-0.25, -0.2) is 8.42 Å². The zero-order chi connectivity index (χ0) is 15.7. The van der Waals surface area contributed by atoms with Crippen LogP contribution in [-0.2, 0) is 16.7 Å². The maximum atomic E-state index is 10.9. The second-order valence-electron chi connectivity index (χ2n) is 5.08. The fourth-order valence-corrected chi connectivity index (χ4v) is 2.90. The van der Waals surface area contributed by atoms with E-state index in [2.05, 4.69) is 0 Å². The third kappa shape index (κ3) is 3.03. The van der Waals surface area contributed by atoms with E-state index in [9.17, 15) is 13.0 Å². The van der Waals surface area contributed by atoms with Crippen molar-refractivity contribution in [1.29, 1.82) is 0 Å². The van der Waals surface area contributed by atoms with Gasteiger partial charge in [0.15, 0.2) is 6.54 Å². The summed E-state index contributed by atoms with van der Waals surface area (Å²) in [5.41, 5.74) is 3.52. The molecule has 0 N–H and O–H groups in total. The summed E-state index contributed by atoms with van der Waals surface area (Å²) in [5, 5.41) is 0. The molecule has 0 unspecified atom stereocenters. The maximum Gasteiger partial charge on any atom is 0.344 e. The Balaban J connectivity index is 2.07. The van der Waals surface area contributed by atoms with Crippen LogP contribution in [0, 0.1) is 6.92 Å². The van der Waals surface area contributed by atoms with Crippen LogP contribution in [-0.4, -0.2) is 18.7 Å². The molecule has 0 aliphatic heterocycles. The quantitative estimate of drug-likeness (QED) is 0.546. The molecule has 0 saturated heterocycles. The van der Waals surface area contributed by atoms with Crippen molar-refractivity contribution < 1.29 is 22.0 Å². The van der Waals surface area contributed by atoms with E-state index in [0.29, 0.717) is 11.5 Å². The number of hydrogen-bond donors (Lipinski definition) is 0. The highest BCUT2D eigenvalue weighted by atomic mass is 32.2. The maximum absolute atomic E-state index is 10.9. The van der Waals surface area contributed by atoms with Crippen molar-refractivity contribution in [3.8, 4) is 11.1 Å². The van der Waals surface area contributed by atoms with Crippen LogP contribution >= 0.6 is 0 Å². The van der Waals surface area contributed by atoms with E-state index in [1.807, 2.05) is 48.5 Å². The van der Waals surface area contributed by atoms with Gasteiger partial charge in [-0.2, -0.15) is 4.57 Å². The van der Waals surface area contributed by atoms with Gasteiger partial charge in [0.2, 0.25) is 5.58 Å². The van der Waals surface area contributed by atoms with Gasteiger partial charge in [-0.15, -0.1) is 0 Å². The molecule has 0 aliphatic rings. The molecule has 5 nitrogen and oxygen atoms in total. The van der Waals surface area contributed by atoms with Crippen LogP contribution in [0.5, 0.6) is 0 Å². The lowest BCUT2D eigenvalue weighted by Gasteiger charge is -2.03. The lowest BCUT2D eigenvalue weighted by atomic mass is 10.1. The summed E-state index contributed by atoms with van der Waals surface area (Å²) in [6.45, 7) is 1.84. The molecule has 0 aliphatic carbocycles. The Morgan fingerprint density at radius 2 is 1.82 bits per heavy atom. The van der Waals surface area contributed by atoms with Gasteiger partial charge in [0.05, 0.1) is 12.7 Å². The number of rotatable bonds is 4. The van der Waals surface area contributed by atoms with Crippen molar-refractivity contribution in [2.24, 2.45) is 0 Å². The van der Waals surface area contributed by atoms with Gasteiger partial charge in [-0.05, 0) is 17.2 Å². The normalized spacial score (nSPS) is 11.9. The molecule has 2 aromatic carbocycles. The largest absolute Gasteiger partial charge is 0.748 e. The molecule has 22 heavy (non-hydrogen) atoms. The molecule has 0 bridgehead atoms. The van der Waals surface area contributed by atoms with Crippen molar-refractivity contribution in [3.63, 3.8) is 0 Å². The van der Waals surface area contributed by atoms with E-state index >= 15 is 0 Å². The lowest BCUT2D eigenvalue weighted by Crippen LogP contribution is -2.38. The number of aryl methyl sites for hydroxylation is 2. The van der Waals surface area contributed by atoms with E-state index in [1.165, 1.54) is 0 Å². The Kier molecular flexibility index (Phi) is 3.72. The average molecular weight is 317 g/mol. The summed E-state index contributed by atoms with van der Waals surface area (Å²) in [5.74, 6) is 0.117. The van der Waals surface area contributed by atoms with Gasteiger partial charge in [0, 0.05) is 6.07 Å². The van der Waals surface area contributed by atoms with E-state index in [1.54, 1.807) is 11.5 Å². The van der Waals surface area contributed by atoms with Crippen LogP contribution in [0.1, 0.15) is 5.89 Å². The first kappa shape index (κ1) is 14.7. The van der Waals surface area contributed by atoms with Crippen molar-refractivity contribution in [2.45, 2.75) is 13.5 Å². The standard InChI is InChI=1S/C16H15NO4S/c1-12-17(9-10-22(18,19)20)15-11-14(7-8-16(15)21-12)13-5-3-2-4-6-13/h2-8,11H,9-10H2,1H3. The number of hydrogen-bond acceptors (Lipinski definition) is 4. The molecule has 3 aromatic rings. The van der Waals surface area contributed by atoms with Crippen molar-refractivity contribution in [3.05, 3.63) is 54.4 Å².